The normalized spacial score (nSPS) is 10.6. The van der Waals surface area contributed by atoms with Crippen LogP contribution in [0.25, 0.3) is 11.0 Å². The topological polar surface area (TPSA) is 51.8 Å². The average molecular weight is 165 g/mol. The van der Waals surface area contributed by atoms with E-state index in [4.69, 9.17) is 5.73 Å². The van der Waals surface area contributed by atoms with Gasteiger partial charge in [0, 0.05) is 5.69 Å². The Kier molecular flexibility index (Phi) is 1.29. The van der Waals surface area contributed by atoms with Crippen molar-refractivity contribution in [2.45, 2.75) is 6.92 Å². The fourth-order valence-electron chi connectivity index (χ4n) is 0.952. The molecular weight excluding hydrogens is 158 g/mol. The first-order valence-electron chi connectivity index (χ1n) is 3.26. The number of nitrogen functional groups attached to an aromatic ring is 1. The van der Waals surface area contributed by atoms with E-state index in [1.165, 1.54) is 11.7 Å². The van der Waals surface area contributed by atoms with Crippen molar-refractivity contribution in [2.75, 3.05) is 5.73 Å². The van der Waals surface area contributed by atoms with Crippen LogP contribution in [-0.4, -0.2) is 8.75 Å². The Bertz CT molecular complexity index is 357. The first-order chi connectivity index (χ1) is 5.27. The molecule has 3 nitrogen and oxygen atoms in total. The Morgan fingerprint density at radius 2 is 1.91 bits per heavy atom. The number of rotatable bonds is 0. The number of benzene rings is 1. The van der Waals surface area contributed by atoms with Gasteiger partial charge in [0.15, 0.2) is 0 Å². The minimum Gasteiger partial charge on any atom is -0.398 e. The summed E-state index contributed by atoms with van der Waals surface area (Å²) in [6.45, 7) is 1.97. The maximum Gasteiger partial charge on any atom is 0.106 e. The fourth-order valence-corrected chi connectivity index (χ4v) is 1.46. The zero-order valence-corrected chi connectivity index (χ0v) is 6.85. The van der Waals surface area contributed by atoms with Crippen LogP contribution in [0.1, 0.15) is 5.56 Å². The Balaban J connectivity index is 2.86. The van der Waals surface area contributed by atoms with E-state index in [1.807, 2.05) is 19.1 Å². The minimum absolute atomic E-state index is 0.783. The van der Waals surface area contributed by atoms with Gasteiger partial charge in [0.05, 0.1) is 11.7 Å². The molecule has 1 aromatic carbocycles. The largest absolute Gasteiger partial charge is 0.398 e. The number of hydrogen-bond donors (Lipinski definition) is 1. The number of nitrogens with two attached hydrogens (primary N) is 1. The highest BCUT2D eigenvalue weighted by Gasteiger charge is 2.00. The van der Waals surface area contributed by atoms with Crippen molar-refractivity contribution in [3.63, 3.8) is 0 Å². The zero-order chi connectivity index (χ0) is 7.84. The standard InChI is InChI=1S/C7H7N3S/c1-4-2-6-7(3-5(4)8)10-11-9-6/h2-3H,8H2,1H3. The summed E-state index contributed by atoms with van der Waals surface area (Å²) < 4.78 is 8.17. The Morgan fingerprint density at radius 1 is 1.27 bits per heavy atom. The highest BCUT2D eigenvalue weighted by atomic mass is 32.1. The van der Waals surface area contributed by atoms with Crippen molar-refractivity contribution < 1.29 is 0 Å². The van der Waals surface area contributed by atoms with Gasteiger partial charge < -0.3 is 5.73 Å². The van der Waals surface area contributed by atoms with Gasteiger partial charge in [-0.2, -0.15) is 8.75 Å². The summed E-state index contributed by atoms with van der Waals surface area (Å²) in [6, 6.07) is 3.81. The number of fused-ring (bicyclic) bond motifs is 1. The molecule has 0 amide bonds. The van der Waals surface area contributed by atoms with Gasteiger partial charge >= 0.3 is 0 Å². The van der Waals surface area contributed by atoms with Crippen LogP contribution in [-0.2, 0) is 0 Å². The lowest BCUT2D eigenvalue weighted by Gasteiger charge is -1.96. The van der Waals surface area contributed by atoms with Gasteiger partial charge in [0.2, 0.25) is 0 Å². The monoisotopic (exact) mass is 165 g/mol. The molecule has 2 N–H and O–H groups in total. The third-order valence-electron chi connectivity index (χ3n) is 1.64. The molecule has 0 aliphatic heterocycles. The molecule has 1 aromatic heterocycles. The SMILES string of the molecule is Cc1cc2nsnc2cc1N. The fraction of sp³-hybridized carbons (Fsp3) is 0.143. The van der Waals surface area contributed by atoms with Gasteiger partial charge in [-0.25, -0.2) is 0 Å². The molecule has 0 aliphatic carbocycles. The second-order valence-electron chi connectivity index (χ2n) is 2.46. The molecule has 4 heteroatoms. The molecule has 2 aromatic rings. The van der Waals surface area contributed by atoms with Gasteiger partial charge in [-0.3, -0.25) is 0 Å². The lowest BCUT2D eigenvalue weighted by molar-refractivity contribution is 1.48. The summed E-state index contributed by atoms with van der Waals surface area (Å²) in [5.41, 5.74) is 9.34. The molecule has 0 saturated carbocycles. The number of nitrogens with zero attached hydrogens (tertiary/aromatic N) is 2. The smallest absolute Gasteiger partial charge is 0.106 e. The van der Waals surface area contributed by atoms with Crippen molar-refractivity contribution in [1.82, 2.24) is 8.75 Å². The lowest BCUT2D eigenvalue weighted by atomic mass is 10.2. The Labute approximate surface area is 68.2 Å². The molecule has 0 saturated heterocycles. The van der Waals surface area contributed by atoms with Crippen LogP contribution in [0.4, 0.5) is 5.69 Å². The lowest BCUT2D eigenvalue weighted by Crippen LogP contribution is -1.88. The predicted octanol–water partition coefficient (Wildman–Crippen LogP) is 1.58. The van der Waals surface area contributed by atoms with Crippen molar-refractivity contribution in [3.05, 3.63) is 17.7 Å². The first-order valence-corrected chi connectivity index (χ1v) is 3.99. The third kappa shape index (κ3) is 0.952. The predicted molar refractivity (Wildman–Crippen MR) is 46.6 cm³/mol. The summed E-state index contributed by atoms with van der Waals surface area (Å²) in [5.74, 6) is 0. The number of aromatic nitrogens is 2. The summed E-state index contributed by atoms with van der Waals surface area (Å²) >= 11 is 1.21. The summed E-state index contributed by atoms with van der Waals surface area (Å²) in [5, 5.41) is 0. The van der Waals surface area contributed by atoms with Crippen LogP contribution in [0.5, 0.6) is 0 Å². The Morgan fingerprint density at radius 3 is 2.64 bits per heavy atom. The van der Waals surface area contributed by atoms with Gasteiger partial charge in [-0.1, -0.05) is 0 Å². The molecule has 0 radical (unpaired) electrons. The van der Waals surface area contributed by atoms with Gasteiger partial charge in [-0.15, -0.1) is 0 Å². The molecule has 2 rings (SSSR count). The second-order valence-corrected chi connectivity index (χ2v) is 2.99. The molecule has 0 aliphatic rings. The summed E-state index contributed by atoms with van der Waals surface area (Å²) in [7, 11) is 0. The van der Waals surface area contributed by atoms with Crippen LogP contribution >= 0.6 is 11.7 Å². The van der Waals surface area contributed by atoms with Crippen LogP contribution < -0.4 is 5.73 Å². The quantitative estimate of drug-likeness (QED) is 0.603. The van der Waals surface area contributed by atoms with Gasteiger partial charge in [-0.05, 0) is 24.6 Å². The molecule has 0 bridgehead atoms. The second kappa shape index (κ2) is 2.17. The number of anilines is 1. The van der Waals surface area contributed by atoms with E-state index in [0.717, 1.165) is 22.3 Å². The molecule has 11 heavy (non-hydrogen) atoms. The molecule has 0 spiro atoms. The number of aryl methyl sites for hydroxylation is 1. The minimum atomic E-state index is 0.783. The van der Waals surface area contributed by atoms with E-state index in [1.54, 1.807) is 0 Å². The highest BCUT2D eigenvalue weighted by molar-refractivity contribution is 7.00. The highest BCUT2D eigenvalue weighted by Crippen LogP contribution is 2.18. The molecule has 0 atom stereocenters. The summed E-state index contributed by atoms with van der Waals surface area (Å²) in [6.07, 6.45) is 0. The average Bonchev–Trinajstić information content (AvgIpc) is 2.36. The zero-order valence-electron chi connectivity index (χ0n) is 6.03. The van der Waals surface area contributed by atoms with Crippen molar-refractivity contribution >= 4 is 28.4 Å². The molecule has 1 heterocycles. The van der Waals surface area contributed by atoms with Crippen molar-refractivity contribution in [1.29, 1.82) is 0 Å². The van der Waals surface area contributed by atoms with Crippen LogP contribution in [0, 0.1) is 6.92 Å². The van der Waals surface area contributed by atoms with E-state index >= 15 is 0 Å². The van der Waals surface area contributed by atoms with E-state index in [2.05, 4.69) is 8.75 Å². The van der Waals surface area contributed by atoms with Gasteiger partial charge in [0.25, 0.3) is 0 Å². The first kappa shape index (κ1) is 6.54. The molecule has 0 fully saturated rings. The molecular formula is C7H7N3S. The maximum atomic E-state index is 5.68. The van der Waals surface area contributed by atoms with E-state index < -0.39 is 0 Å². The van der Waals surface area contributed by atoms with E-state index in [-0.39, 0.29) is 0 Å². The Hall–Kier alpha value is -1.16. The van der Waals surface area contributed by atoms with Crippen LogP contribution in [0.2, 0.25) is 0 Å². The van der Waals surface area contributed by atoms with Crippen molar-refractivity contribution in [2.24, 2.45) is 0 Å². The van der Waals surface area contributed by atoms with Crippen LogP contribution in [0.15, 0.2) is 12.1 Å². The van der Waals surface area contributed by atoms with E-state index in [9.17, 15) is 0 Å². The number of hydrogen-bond acceptors (Lipinski definition) is 4. The summed E-state index contributed by atoms with van der Waals surface area (Å²) in [4.78, 5) is 0. The van der Waals surface area contributed by atoms with E-state index in [0.29, 0.717) is 0 Å². The molecule has 0 unspecified atom stereocenters. The van der Waals surface area contributed by atoms with Gasteiger partial charge in [0.1, 0.15) is 11.0 Å². The van der Waals surface area contributed by atoms with Crippen molar-refractivity contribution in [3.8, 4) is 0 Å². The molecule has 56 valence electrons. The third-order valence-corrected chi connectivity index (χ3v) is 2.20. The maximum absolute atomic E-state index is 5.68. The van der Waals surface area contributed by atoms with Crippen LogP contribution in [0.3, 0.4) is 0 Å².